The first-order valence-electron chi connectivity index (χ1n) is 7.61. The molecule has 1 aromatic rings. The van der Waals surface area contributed by atoms with Gasteiger partial charge in [-0.05, 0) is 19.1 Å². The summed E-state index contributed by atoms with van der Waals surface area (Å²) >= 11 is 5.81. The van der Waals surface area contributed by atoms with Crippen LogP contribution in [-0.4, -0.2) is 46.8 Å². The lowest BCUT2D eigenvalue weighted by molar-refractivity contribution is -0.384. The molecule has 1 aliphatic heterocycles. The highest BCUT2D eigenvalue weighted by Gasteiger charge is 2.45. The number of hydrogen-bond donors (Lipinski definition) is 1. The van der Waals surface area contributed by atoms with E-state index in [1.807, 2.05) is 0 Å². The number of carbonyl (C=O) groups excluding carboxylic acids is 2. The molecule has 1 aliphatic rings. The van der Waals surface area contributed by atoms with Gasteiger partial charge in [0, 0.05) is 18.6 Å². The molecule has 1 heterocycles. The third-order valence-corrected chi connectivity index (χ3v) is 4.07. The van der Waals surface area contributed by atoms with Crippen LogP contribution in [0.2, 0.25) is 0 Å². The van der Waals surface area contributed by atoms with Crippen molar-refractivity contribution in [3.63, 3.8) is 0 Å². The molecule has 1 aromatic carbocycles. The van der Waals surface area contributed by atoms with Crippen LogP contribution < -0.4 is 5.32 Å². The van der Waals surface area contributed by atoms with E-state index in [4.69, 9.17) is 21.1 Å². The standard InChI is InChI=1S/C15H14ClF3N2O6/c1-7-12(10(6-11(16)26-7)20-14(23)15(17,18)19)27-13(22)8-2-4-9(5-3-8)21(24)25/h2-5,7,10-12H,6H2,1H3,(H,20,23)/t7-,10+,11+,12-/m0/s1. The number of rotatable bonds is 4. The number of nitrogens with one attached hydrogen (secondary N) is 1. The van der Waals surface area contributed by atoms with Crippen LogP contribution in [0.25, 0.3) is 0 Å². The molecule has 1 saturated heterocycles. The van der Waals surface area contributed by atoms with E-state index >= 15 is 0 Å². The van der Waals surface area contributed by atoms with Crippen LogP contribution in [-0.2, 0) is 14.3 Å². The number of amides is 1. The summed E-state index contributed by atoms with van der Waals surface area (Å²) in [4.78, 5) is 33.4. The summed E-state index contributed by atoms with van der Waals surface area (Å²) < 4.78 is 48.0. The Hall–Kier alpha value is -2.40. The van der Waals surface area contributed by atoms with Crippen molar-refractivity contribution in [2.24, 2.45) is 0 Å². The molecule has 2 rings (SSSR count). The van der Waals surface area contributed by atoms with Crippen LogP contribution in [0.5, 0.6) is 0 Å². The minimum absolute atomic E-state index is 0.0540. The zero-order valence-electron chi connectivity index (χ0n) is 13.7. The Balaban J connectivity index is 2.15. The van der Waals surface area contributed by atoms with E-state index in [1.165, 1.54) is 6.92 Å². The number of ether oxygens (including phenoxy) is 2. The van der Waals surface area contributed by atoms with Gasteiger partial charge in [0.2, 0.25) is 0 Å². The molecule has 4 atom stereocenters. The van der Waals surface area contributed by atoms with Crippen molar-refractivity contribution >= 4 is 29.2 Å². The minimum Gasteiger partial charge on any atom is -0.454 e. The van der Waals surface area contributed by atoms with Gasteiger partial charge in [0.25, 0.3) is 5.69 Å². The Morgan fingerprint density at radius 2 is 1.93 bits per heavy atom. The highest BCUT2D eigenvalue weighted by Crippen LogP contribution is 2.27. The van der Waals surface area contributed by atoms with Gasteiger partial charge in [0.15, 0.2) is 0 Å². The first kappa shape index (κ1) is 20.9. The molecule has 12 heteroatoms. The minimum atomic E-state index is -5.11. The lowest BCUT2D eigenvalue weighted by Gasteiger charge is -2.38. The van der Waals surface area contributed by atoms with E-state index < -0.39 is 46.8 Å². The maximum atomic E-state index is 12.5. The lowest BCUT2D eigenvalue weighted by Crippen LogP contribution is -2.57. The number of alkyl halides is 4. The first-order chi connectivity index (χ1) is 12.5. The van der Waals surface area contributed by atoms with Gasteiger partial charge in [-0.25, -0.2) is 4.79 Å². The maximum Gasteiger partial charge on any atom is 0.471 e. The van der Waals surface area contributed by atoms with Crippen molar-refractivity contribution in [3.05, 3.63) is 39.9 Å². The third-order valence-electron chi connectivity index (χ3n) is 3.79. The molecular formula is C15H14ClF3N2O6. The molecule has 8 nitrogen and oxygen atoms in total. The van der Waals surface area contributed by atoms with Gasteiger partial charge < -0.3 is 14.8 Å². The normalized spacial score (nSPS) is 25.5. The number of non-ortho nitro benzene ring substituents is 1. The molecule has 0 aliphatic carbocycles. The van der Waals surface area contributed by atoms with Crippen molar-refractivity contribution in [2.75, 3.05) is 0 Å². The number of halogens is 4. The van der Waals surface area contributed by atoms with Crippen molar-refractivity contribution < 1.29 is 37.2 Å². The molecule has 1 amide bonds. The third kappa shape index (κ3) is 5.30. The second-order valence-electron chi connectivity index (χ2n) is 5.74. The number of benzene rings is 1. The van der Waals surface area contributed by atoms with E-state index in [0.717, 1.165) is 24.3 Å². The number of nitro benzene ring substituents is 1. The largest absolute Gasteiger partial charge is 0.471 e. The van der Waals surface area contributed by atoms with E-state index in [-0.39, 0.29) is 17.7 Å². The SMILES string of the molecule is C[C@@H]1O[C@@H](Cl)C[C@@H](NC(=O)C(F)(F)F)[C@H]1OC(=O)c1ccc([N+](=O)[O-])cc1. The molecule has 0 bridgehead atoms. The summed E-state index contributed by atoms with van der Waals surface area (Å²) in [6.45, 7) is 1.43. The van der Waals surface area contributed by atoms with Gasteiger partial charge >= 0.3 is 18.1 Å². The van der Waals surface area contributed by atoms with Gasteiger partial charge in [-0.3, -0.25) is 14.9 Å². The van der Waals surface area contributed by atoms with Crippen LogP contribution >= 0.6 is 11.6 Å². The summed E-state index contributed by atoms with van der Waals surface area (Å²) in [7, 11) is 0. The van der Waals surface area contributed by atoms with Crippen molar-refractivity contribution in [1.82, 2.24) is 5.32 Å². The predicted octanol–water partition coefficient (Wildman–Crippen LogP) is 2.54. The topological polar surface area (TPSA) is 108 Å². The summed E-state index contributed by atoms with van der Waals surface area (Å²) in [5.74, 6) is -3.13. The molecule has 1 N–H and O–H groups in total. The zero-order chi connectivity index (χ0) is 20.4. The number of esters is 1. The second-order valence-corrected chi connectivity index (χ2v) is 6.23. The Labute approximate surface area is 155 Å². The van der Waals surface area contributed by atoms with Crippen LogP contribution in [0.4, 0.5) is 18.9 Å². The number of hydrogen-bond acceptors (Lipinski definition) is 6. The first-order valence-corrected chi connectivity index (χ1v) is 8.05. The second kappa shape index (κ2) is 8.09. The lowest BCUT2D eigenvalue weighted by atomic mass is 10.00. The van der Waals surface area contributed by atoms with E-state index in [2.05, 4.69) is 0 Å². The Bertz CT molecular complexity index is 727. The van der Waals surface area contributed by atoms with Gasteiger partial charge in [-0.1, -0.05) is 11.6 Å². The summed E-state index contributed by atoms with van der Waals surface area (Å²) in [5.41, 5.74) is -1.28. The molecule has 0 unspecified atom stereocenters. The fraction of sp³-hybridized carbons (Fsp3) is 0.467. The Morgan fingerprint density at radius 3 is 2.44 bits per heavy atom. The Kier molecular flexibility index (Phi) is 6.26. The fourth-order valence-corrected chi connectivity index (χ4v) is 2.86. The average molecular weight is 411 g/mol. The van der Waals surface area contributed by atoms with Crippen molar-refractivity contribution in [1.29, 1.82) is 0 Å². The van der Waals surface area contributed by atoms with Gasteiger partial charge in [0.05, 0.1) is 22.6 Å². The van der Waals surface area contributed by atoms with Gasteiger partial charge in [0.1, 0.15) is 11.7 Å². The van der Waals surface area contributed by atoms with Crippen LogP contribution in [0.1, 0.15) is 23.7 Å². The van der Waals surface area contributed by atoms with Crippen LogP contribution in [0.3, 0.4) is 0 Å². The van der Waals surface area contributed by atoms with Crippen LogP contribution in [0, 0.1) is 10.1 Å². The Morgan fingerprint density at radius 1 is 1.33 bits per heavy atom. The van der Waals surface area contributed by atoms with E-state index in [9.17, 15) is 32.9 Å². The van der Waals surface area contributed by atoms with Crippen LogP contribution in [0.15, 0.2) is 24.3 Å². The van der Waals surface area contributed by atoms with Crippen molar-refractivity contribution in [2.45, 2.75) is 43.3 Å². The number of nitro groups is 1. The zero-order valence-corrected chi connectivity index (χ0v) is 14.5. The van der Waals surface area contributed by atoms with Crippen molar-refractivity contribution in [3.8, 4) is 0 Å². The summed E-state index contributed by atoms with van der Waals surface area (Å²) in [6, 6.07) is 3.21. The molecular weight excluding hydrogens is 397 g/mol. The van der Waals surface area contributed by atoms with E-state index in [1.54, 1.807) is 5.32 Å². The molecule has 27 heavy (non-hydrogen) atoms. The predicted molar refractivity (Wildman–Crippen MR) is 85.1 cm³/mol. The molecule has 1 fully saturated rings. The monoisotopic (exact) mass is 410 g/mol. The molecule has 0 radical (unpaired) electrons. The quantitative estimate of drug-likeness (QED) is 0.354. The number of nitrogens with zero attached hydrogens (tertiary/aromatic N) is 1. The van der Waals surface area contributed by atoms with Gasteiger partial charge in [-0.2, -0.15) is 13.2 Å². The highest BCUT2D eigenvalue weighted by molar-refractivity contribution is 6.19. The fourth-order valence-electron chi connectivity index (χ4n) is 2.51. The maximum absolute atomic E-state index is 12.5. The molecule has 0 aromatic heterocycles. The average Bonchev–Trinajstić information content (AvgIpc) is 2.56. The highest BCUT2D eigenvalue weighted by atomic mass is 35.5. The van der Waals surface area contributed by atoms with Gasteiger partial charge in [-0.15, -0.1) is 0 Å². The smallest absolute Gasteiger partial charge is 0.454 e. The number of carbonyl (C=O) groups is 2. The molecule has 0 saturated carbocycles. The molecule has 148 valence electrons. The summed E-state index contributed by atoms with van der Waals surface area (Å²) in [5, 5.41) is 12.4. The van der Waals surface area contributed by atoms with E-state index in [0.29, 0.717) is 0 Å². The molecule has 0 spiro atoms. The summed E-state index contributed by atoms with van der Waals surface area (Å²) in [6.07, 6.45) is -7.47.